The lowest BCUT2D eigenvalue weighted by atomic mass is 10.0. The maximum Gasteiger partial charge on any atom is 0.0842 e. The van der Waals surface area contributed by atoms with E-state index in [1.807, 2.05) is 44.3 Å². The zero-order valence-electron chi connectivity index (χ0n) is 9.94. The highest BCUT2D eigenvalue weighted by molar-refractivity contribution is 6.48. The average molecular weight is 244 g/mol. The van der Waals surface area contributed by atoms with Gasteiger partial charge in [0.2, 0.25) is 0 Å². The molecule has 17 heavy (non-hydrogen) atoms. The maximum atomic E-state index is 6.09. The van der Waals surface area contributed by atoms with Gasteiger partial charge in [-0.25, -0.2) is 0 Å². The van der Waals surface area contributed by atoms with Gasteiger partial charge in [0.05, 0.1) is 10.7 Å². The van der Waals surface area contributed by atoms with Crippen molar-refractivity contribution in [3.63, 3.8) is 0 Å². The quantitative estimate of drug-likeness (QED) is 0.748. The summed E-state index contributed by atoms with van der Waals surface area (Å²) in [5.41, 5.74) is 4.24. The smallest absolute Gasteiger partial charge is 0.0842 e. The van der Waals surface area contributed by atoms with E-state index in [1.54, 1.807) is 0 Å². The summed E-state index contributed by atoms with van der Waals surface area (Å²) in [6.07, 6.45) is 3.72. The molecule has 0 aliphatic heterocycles. The number of hydrogen-bond acceptors (Lipinski definition) is 1. The maximum absolute atomic E-state index is 6.09. The first-order valence-electron chi connectivity index (χ1n) is 5.56. The van der Waals surface area contributed by atoms with Crippen LogP contribution in [0.25, 0.3) is 16.2 Å². The van der Waals surface area contributed by atoms with E-state index in [4.69, 9.17) is 11.6 Å². The van der Waals surface area contributed by atoms with Crippen molar-refractivity contribution in [2.75, 3.05) is 0 Å². The van der Waals surface area contributed by atoms with Crippen LogP contribution in [0.4, 0.5) is 0 Å². The van der Waals surface area contributed by atoms with Crippen molar-refractivity contribution in [1.29, 1.82) is 0 Å². The fourth-order valence-corrected chi connectivity index (χ4v) is 1.95. The molecule has 0 saturated heterocycles. The number of benzene rings is 1. The molecule has 0 aliphatic rings. The van der Waals surface area contributed by atoms with E-state index in [1.165, 1.54) is 5.56 Å². The Bertz CT molecular complexity index is 544. The predicted molar refractivity (Wildman–Crippen MR) is 73.9 cm³/mol. The number of hydrogen-bond donors (Lipinski definition) is 0. The van der Waals surface area contributed by atoms with E-state index < -0.39 is 0 Å². The fourth-order valence-electron chi connectivity index (χ4n) is 1.75. The van der Waals surface area contributed by atoms with Gasteiger partial charge in [-0.3, -0.25) is 4.98 Å². The zero-order chi connectivity index (χ0) is 12.3. The number of halogens is 1. The summed E-state index contributed by atoms with van der Waals surface area (Å²) in [4.78, 5) is 4.43. The number of rotatable bonds is 2. The van der Waals surface area contributed by atoms with Gasteiger partial charge in [0.15, 0.2) is 0 Å². The van der Waals surface area contributed by atoms with Crippen LogP contribution in [0.15, 0.2) is 48.7 Å². The van der Waals surface area contributed by atoms with Gasteiger partial charge in [0.25, 0.3) is 0 Å². The minimum absolute atomic E-state index is 0.696. The third kappa shape index (κ3) is 2.56. The summed E-state index contributed by atoms with van der Waals surface area (Å²) < 4.78 is 0. The summed E-state index contributed by atoms with van der Waals surface area (Å²) in [5.74, 6) is 0. The third-order valence-electron chi connectivity index (χ3n) is 2.67. The molecule has 0 bridgehead atoms. The van der Waals surface area contributed by atoms with Crippen molar-refractivity contribution < 1.29 is 0 Å². The second-order valence-electron chi connectivity index (χ2n) is 3.89. The minimum atomic E-state index is 0.696. The van der Waals surface area contributed by atoms with Crippen molar-refractivity contribution >= 4 is 16.6 Å². The van der Waals surface area contributed by atoms with Gasteiger partial charge >= 0.3 is 0 Å². The molecule has 0 fully saturated rings. The Kier molecular flexibility index (Phi) is 3.60. The van der Waals surface area contributed by atoms with E-state index in [2.05, 4.69) is 23.2 Å². The van der Waals surface area contributed by atoms with Crippen LogP contribution in [-0.4, -0.2) is 4.98 Å². The average Bonchev–Trinajstić information content (AvgIpc) is 2.39. The van der Waals surface area contributed by atoms with E-state index in [-0.39, 0.29) is 0 Å². The van der Waals surface area contributed by atoms with Crippen molar-refractivity contribution in [1.82, 2.24) is 4.98 Å². The van der Waals surface area contributed by atoms with E-state index in [0.717, 1.165) is 16.8 Å². The molecular weight excluding hydrogens is 230 g/mol. The molecule has 86 valence electrons. The lowest BCUT2D eigenvalue weighted by molar-refractivity contribution is 1.23. The van der Waals surface area contributed by atoms with E-state index in [9.17, 15) is 0 Å². The van der Waals surface area contributed by atoms with Crippen molar-refractivity contribution in [2.45, 2.75) is 13.8 Å². The molecule has 0 amide bonds. The lowest BCUT2D eigenvalue weighted by Gasteiger charge is -2.06. The number of aryl methyl sites for hydroxylation is 1. The minimum Gasteiger partial charge on any atom is -0.254 e. The fraction of sp³-hybridized carbons (Fsp3) is 0.133. The SMILES string of the molecule is C/C=C(/Cl)c1ncc(-c2ccccc2)cc1C. The zero-order valence-corrected chi connectivity index (χ0v) is 10.7. The van der Waals surface area contributed by atoms with Crippen LogP contribution in [0.5, 0.6) is 0 Å². The number of pyridine rings is 1. The molecule has 0 unspecified atom stereocenters. The number of nitrogens with zero attached hydrogens (tertiary/aromatic N) is 1. The van der Waals surface area contributed by atoms with Crippen LogP contribution in [-0.2, 0) is 0 Å². The highest BCUT2D eigenvalue weighted by Crippen LogP contribution is 2.25. The summed E-state index contributed by atoms with van der Waals surface area (Å²) in [6.45, 7) is 3.94. The molecule has 1 nitrogen and oxygen atoms in total. The van der Waals surface area contributed by atoms with Crippen LogP contribution in [0, 0.1) is 6.92 Å². The predicted octanol–water partition coefficient (Wildman–Crippen LogP) is 4.66. The summed E-state index contributed by atoms with van der Waals surface area (Å²) in [7, 11) is 0. The molecule has 0 spiro atoms. The van der Waals surface area contributed by atoms with Crippen molar-refractivity contribution in [2.24, 2.45) is 0 Å². The molecule has 2 rings (SSSR count). The van der Waals surface area contributed by atoms with Crippen LogP contribution in [0.2, 0.25) is 0 Å². The molecule has 1 aromatic heterocycles. The Labute approximate surface area is 107 Å². The Hall–Kier alpha value is -1.60. The van der Waals surface area contributed by atoms with Crippen LogP contribution in [0.1, 0.15) is 18.2 Å². The highest BCUT2D eigenvalue weighted by atomic mass is 35.5. The number of aromatic nitrogens is 1. The Morgan fingerprint density at radius 2 is 1.88 bits per heavy atom. The Morgan fingerprint density at radius 1 is 1.18 bits per heavy atom. The van der Waals surface area contributed by atoms with Gasteiger partial charge in [-0.1, -0.05) is 48.0 Å². The molecule has 0 radical (unpaired) electrons. The van der Waals surface area contributed by atoms with Crippen molar-refractivity contribution in [3.8, 4) is 11.1 Å². The molecule has 0 aliphatic carbocycles. The second-order valence-corrected chi connectivity index (χ2v) is 4.30. The molecule has 0 N–H and O–H groups in total. The van der Waals surface area contributed by atoms with Gasteiger partial charge in [0, 0.05) is 11.8 Å². The molecule has 0 saturated carbocycles. The molecule has 2 heteroatoms. The van der Waals surface area contributed by atoms with Gasteiger partial charge in [-0.05, 0) is 31.0 Å². The molecule has 0 atom stereocenters. The van der Waals surface area contributed by atoms with Gasteiger partial charge in [0.1, 0.15) is 0 Å². The molecular formula is C15H14ClN. The topological polar surface area (TPSA) is 12.9 Å². The first-order chi connectivity index (χ1) is 8.22. The van der Waals surface area contributed by atoms with Gasteiger partial charge in [-0.2, -0.15) is 0 Å². The van der Waals surface area contributed by atoms with Crippen molar-refractivity contribution in [3.05, 3.63) is 59.9 Å². The van der Waals surface area contributed by atoms with Crippen LogP contribution in [0.3, 0.4) is 0 Å². The van der Waals surface area contributed by atoms with E-state index in [0.29, 0.717) is 5.03 Å². The monoisotopic (exact) mass is 243 g/mol. The van der Waals surface area contributed by atoms with Crippen LogP contribution < -0.4 is 0 Å². The molecule has 2 aromatic rings. The largest absolute Gasteiger partial charge is 0.254 e. The third-order valence-corrected chi connectivity index (χ3v) is 3.06. The summed E-state index contributed by atoms with van der Waals surface area (Å²) >= 11 is 6.09. The van der Waals surface area contributed by atoms with E-state index >= 15 is 0 Å². The van der Waals surface area contributed by atoms with Crippen LogP contribution >= 0.6 is 11.6 Å². The molecule has 1 heterocycles. The second kappa shape index (κ2) is 5.15. The number of allylic oxidation sites excluding steroid dienone is 1. The first-order valence-corrected chi connectivity index (χ1v) is 5.94. The normalized spacial score (nSPS) is 11.6. The molecule has 1 aromatic carbocycles. The summed E-state index contributed by atoms with van der Waals surface area (Å²) in [6, 6.07) is 12.3. The lowest BCUT2D eigenvalue weighted by Crippen LogP contribution is -1.91. The summed E-state index contributed by atoms with van der Waals surface area (Å²) in [5, 5.41) is 0.696. The van der Waals surface area contributed by atoms with Gasteiger partial charge in [-0.15, -0.1) is 0 Å². The standard InChI is InChI=1S/C15H14ClN/c1-3-14(16)15-11(2)9-13(10-17-15)12-7-5-4-6-8-12/h3-10H,1-2H3/b14-3+. The Balaban J connectivity index is 2.45. The van der Waals surface area contributed by atoms with Gasteiger partial charge < -0.3 is 0 Å². The first kappa shape index (κ1) is 11.9. The Morgan fingerprint density at radius 3 is 2.47 bits per heavy atom. The highest BCUT2D eigenvalue weighted by Gasteiger charge is 2.05.